The maximum absolute atomic E-state index is 12.8. The number of carbonyl (C=O) groups excluding carboxylic acids is 1. The minimum atomic E-state index is 0.175. The van der Waals surface area contributed by atoms with E-state index in [1.165, 1.54) is 0 Å². The van der Waals surface area contributed by atoms with Crippen LogP contribution in [-0.4, -0.2) is 102 Å². The molecule has 0 atom stereocenters. The quantitative estimate of drug-likeness (QED) is 0.796. The number of hydrogen-bond donors (Lipinski definition) is 1. The van der Waals surface area contributed by atoms with Gasteiger partial charge in [0.25, 0.3) is 0 Å². The van der Waals surface area contributed by atoms with E-state index in [1.807, 2.05) is 30.0 Å². The Morgan fingerprint density at radius 1 is 1.00 bits per heavy atom. The van der Waals surface area contributed by atoms with Gasteiger partial charge in [-0.3, -0.25) is 9.69 Å². The zero-order valence-corrected chi connectivity index (χ0v) is 18.5. The van der Waals surface area contributed by atoms with Crippen LogP contribution in [0.5, 0.6) is 5.75 Å². The molecule has 0 spiro atoms. The Morgan fingerprint density at radius 3 is 2.55 bits per heavy atom. The van der Waals surface area contributed by atoms with Crippen molar-refractivity contribution in [3.63, 3.8) is 0 Å². The van der Waals surface area contributed by atoms with Crippen molar-refractivity contribution in [2.24, 2.45) is 0 Å². The van der Waals surface area contributed by atoms with E-state index in [4.69, 9.17) is 4.98 Å². The van der Waals surface area contributed by atoms with E-state index in [-0.39, 0.29) is 11.7 Å². The summed E-state index contributed by atoms with van der Waals surface area (Å²) in [6, 6.07) is 9.09. The number of anilines is 1. The van der Waals surface area contributed by atoms with Crippen LogP contribution in [0.15, 0.2) is 30.3 Å². The topological polar surface area (TPSA) is 76.0 Å². The summed E-state index contributed by atoms with van der Waals surface area (Å²) in [5.41, 5.74) is 1.48. The first-order chi connectivity index (χ1) is 15.0. The van der Waals surface area contributed by atoms with Gasteiger partial charge in [-0.2, -0.15) is 0 Å². The first-order valence-corrected chi connectivity index (χ1v) is 11.1. The van der Waals surface area contributed by atoms with Gasteiger partial charge >= 0.3 is 0 Å². The molecule has 2 fully saturated rings. The molecule has 3 heterocycles. The Balaban J connectivity index is 1.37. The zero-order valence-electron chi connectivity index (χ0n) is 18.5. The highest BCUT2D eigenvalue weighted by molar-refractivity contribution is 5.78. The van der Waals surface area contributed by atoms with E-state index in [0.29, 0.717) is 31.0 Å². The molecule has 2 aliphatic rings. The normalized spacial score (nSPS) is 18.8. The number of aromatic hydroxyl groups is 1. The van der Waals surface area contributed by atoms with Gasteiger partial charge in [0.05, 0.1) is 12.1 Å². The van der Waals surface area contributed by atoms with Crippen molar-refractivity contribution in [1.29, 1.82) is 0 Å². The first-order valence-electron chi connectivity index (χ1n) is 11.1. The SMILES string of the molecule is Cc1cc(N2CCN(C(=O)CN3CCCN(C)CC3)CC2)nc(-c2ccccc2O)n1. The average Bonchev–Trinajstić information content (AvgIpc) is 2.97. The average molecular weight is 425 g/mol. The fourth-order valence-electron chi connectivity index (χ4n) is 4.23. The third-order valence-corrected chi connectivity index (χ3v) is 6.11. The third kappa shape index (κ3) is 5.32. The van der Waals surface area contributed by atoms with E-state index in [2.05, 4.69) is 26.7 Å². The van der Waals surface area contributed by atoms with Crippen LogP contribution in [-0.2, 0) is 4.79 Å². The number of rotatable bonds is 4. The van der Waals surface area contributed by atoms with Crippen LogP contribution in [0, 0.1) is 6.92 Å². The predicted octanol–water partition coefficient (Wildman–Crippen LogP) is 1.44. The summed E-state index contributed by atoms with van der Waals surface area (Å²) < 4.78 is 0. The standard InChI is InChI=1S/C23H32N6O2/c1-18-16-21(25-23(24-18)19-6-3-4-7-20(19)30)28-12-14-29(15-13-28)22(31)17-27-9-5-8-26(2)10-11-27/h3-4,6-7,16,30H,5,8-15,17H2,1-2H3. The van der Waals surface area contributed by atoms with Gasteiger partial charge in [0.1, 0.15) is 11.6 Å². The van der Waals surface area contributed by atoms with E-state index < -0.39 is 0 Å². The molecule has 0 radical (unpaired) electrons. The van der Waals surface area contributed by atoms with Crippen molar-refractivity contribution < 1.29 is 9.90 Å². The van der Waals surface area contributed by atoms with Crippen molar-refractivity contribution >= 4 is 11.7 Å². The van der Waals surface area contributed by atoms with Gasteiger partial charge in [-0.25, -0.2) is 9.97 Å². The van der Waals surface area contributed by atoms with Crippen molar-refractivity contribution in [3.05, 3.63) is 36.0 Å². The number of benzene rings is 1. The number of hydrogen-bond acceptors (Lipinski definition) is 7. The molecule has 1 aromatic heterocycles. The Hall–Kier alpha value is -2.71. The molecule has 8 heteroatoms. The molecule has 0 unspecified atom stereocenters. The Kier molecular flexibility index (Phi) is 6.67. The highest BCUT2D eigenvalue weighted by Gasteiger charge is 2.25. The van der Waals surface area contributed by atoms with Crippen molar-refractivity contribution in [2.45, 2.75) is 13.3 Å². The van der Waals surface area contributed by atoms with Gasteiger partial charge in [0.15, 0.2) is 5.82 Å². The largest absolute Gasteiger partial charge is 0.507 e. The van der Waals surface area contributed by atoms with E-state index >= 15 is 0 Å². The molecule has 2 saturated heterocycles. The summed E-state index contributed by atoms with van der Waals surface area (Å²) in [6.45, 7) is 9.39. The molecule has 2 aromatic rings. The summed E-state index contributed by atoms with van der Waals surface area (Å²) in [4.78, 5) is 30.8. The van der Waals surface area contributed by atoms with E-state index in [0.717, 1.165) is 57.2 Å². The highest BCUT2D eigenvalue weighted by Crippen LogP contribution is 2.28. The number of nitrogens with zero attached hydrogens (tertiary/aromatic N) is 6. The number of para-hydroxylation sites is 1. The molecule has 0 aliphatic carbocycles. The molecule has 1 amide bonds. The molecule has 0 bridgehead atoms. The second-order valence-electron chi connectivity index (χ2n) is 8.51. The van der Waals surface area contributed by atoms with Crippen LogP contribution >= 0.6 is 0 Å². The fourth-order valence-corrected chi connectivity index (χ4v) is 4.23. The van der Waals surface area contributed by atoms with Gasteiger partial charge in [0.2, 0.25) is 5.91 Å². The van der Waals surface area contributed by atoms with Crippen LogP contribution in [0.4, 0.5) is 5.82 Å². The predicted molar refractivity (Wildman–Crippen MR) is 121 cm³/mol. The van der Waals surface area contributed by atoms with Crippen LogP contribution in [0.1, 0.15) is 12.1 Å². The summed E-state index contributed by atoms with van der Waals surface area (Å²) in [5.74, 6) is 1.76. The maximum atomic E-state index is 12.8. The first kappa shape index (κ1) is 21.5. The number of piperazine rings is 1. The lowest BCUT2D eigenvalue weighted by Gasteiger charge is -2.36. The monoisotopic (exact) mass is 424 g/mol. The minimum Gasteiger partial charge on any atom is -0.507 e. The van der Waals surface area contributed by atoms with Gasteiger partial charge in [-0.15, -0.1) is 0 Å². The van der Waals surface area contributed by atoms with Crippen molar-refractivity contribution in [3.8, 4) is 17.1 Å². The third-order valence-electron chi connectivity index (χ3n) is 6.11. The molecule has 4 rings (SSSR count). The number of amides is 1. The molecular formula is C23H32N6O2. The van der Waals surface area contributed by atoms with Gasteiger partial charge in [-0.1, -0.05) is 12.1 Å². The fraction of sp³-hybridized carbons (Fsp3) is 0.522. The number of aromatic nitrogens is 2. The van der Waals surface area contributed by atoms with Crippen LogP contribution in [0.2, 0.25) is 0 Å². The Bertz CT molecular complexity index is 913. The molecule has 8 nitrogen and oxygen atoms in total. The molecule has 0 saturated carbocycles. The van der Waals surface area contributed by atoms with Crippen LogP contribution in [0.25, 0.3) is 11.4 Å². The van der Waals surface area contributed by atoms with Gasteiger partial charge < -0.3 is 19.8 Å². The summed E-state index contributed by atoms with van der Waals surface area (Å²) in [7, 11) is 2.14. The number of phenols is 1. The van der Waals surface area contributed by atoms with E-state index in [1.54, 1.807) is 12.1 Å². The van der Waals surface area contributed by atoms with Gasteiger partial charge in [-0.05, 0) is 45.6 Å². The molecule has 1 N–H and O–H groups in total. The smallest absolute Gasteiger partial charge is 0.236 e. The molecule has 2 aliphatic heterocycles. The number of carbonyl (C=O) groups is 1. The Morgan fingerprint density at radius 2 is 1.77 bits per heavy atom. The lowest BCUT2D eigenvalue weighted by Crippen LogP contribution is -2.51. The van der Waals surface area contributed by atoms with Crippen LogP contribution in [0.3, 0.4) is 0 Å². The van der Waals surface area contributed by atoms with Gasteiger partial charge in [0, 0.05) is 51.0 Å². The summed E-state index contributed by atoms with van der Waals surface area (Å²) >= 11 is 0. The molecular weight excluding hydrogens is 392 g/mol. The molecule has 31 heavy (non-hydrogen) atoms. The second kappa shape index (κ2) is 9.62. The second-order valence-corrected chi connectivity index (χ2v) is 8.51. The molecule has 166 valence electrons. The number of likely N-dealkylation sites (N-methyl/N-ethyl adjacent to an activating group) is 1. The highest BCUT2D eigenvalue weighted by atomic mass is 16.3. The van der Waals surface area contributed by atoms with Crippen LogP contribution < -0.4 is 4.90 Å². The number of phenolic OH excluding ortho intramolecular Hbond substituents is 1. The van der Waals surface area contributed by atoms with Crippen molar-refractivity contribution in [1.82, 2.24) is 24.7 Å². The lowest BCUT2D eigenvalue weighted by molar-refractivity contribution is -0.132. The number of aryl methyl sites for hydroxylation is 1. The molecule has 1 aromatic carbocycles. The van der Waals surface area contributed by atoms with Crippen molar-refractivity contribution in [2.75, 3.05) is 70.9 Å². The summed E-state index contributed by atoms with van der Waals surface area (Å²) in [5, 5.41) is 10.2. The Labute approximate surface area is 184 Å². The minimum absolute atomic E-state index is 0.175. The maximum Gasteiger partial charge on any atom is 0.236 e. The van der Waals surface area contributed by atoms with E-state index in [9.17, 15) is 9.90 Å². The zero-order chi connectivity index (χ0) is 21.8. The summed E-state index contributed by atoms with van der Waals surface area (Å²) in [6.07, 6.45) is 1.12. The lowest BCUT2D eigenvalue weighted by atomic mass is 10.2.